The van der Waals surface area contributed by atoms with E-state index in [9.17, 15) is 4.79 Å². The largest absolute Gasteiger partial charge is 0.497 e. The number of carbonyl (C=O) groups excluding carboxylic acids is 1. The summed E-state index contributed by atoms with van der Waals surface area (Å²) in [6, 6.07) is 24.4. The van der Waals surface area contributed by atoms with Crippen molar-refractivity contribution in [3.8, 4) is 11.5 Å². The summed E-state index contributed by atoms with van der Waals surface area (Å²) in [5.74, 6) is 1.20. The fourth-order valence-electron chi connectivity index (χ4n) is 2.51. The van der Waals surface area contributed by atoms with Crippen LogP contribution < -0.4 is 9.47 Å². The van der Waals surface area contributed by atoms with Crippen LogP contribution in [-0.4, -0.2) is 26.3 Å². The van der Waals surface area contributed by atoms with Crippen molar-refractivity contribution in [1.29, 1.82) is 0 Å². The first-order valence-electron chi connectivity index (χ1n) is 9.69. The number of hydrogen-bond acceptors (Lipinski definition) is 6. The average molecular weight is 453 g/mol. The lowest BCUT2D eigenvalue weighted by atomic mass is 10.3. The highest BCUT2D eigenvalue weighted by molar-refractivity contribution is 7.99. The van der Waals surface area contributed by atoms with Crippen molar-refractivity contribution in [3.63, 3.8) is 0 Å². The highest BCUT2D eigenvalue weighted by Crippen LogP contribution is 2.33. The summed E-state index contributed by atoms with van der Waals surface area (Å²) in [6.45, 7) is 5.66. The molecule has 0 unspecified atom stereocenters. The van der Waals surface area contributed by atoms with Crippen LogP contribution in [0.15, 0.2) is 105 Å². The minimum Gasteiger partial charge on any atom is -0.497 e. The van der Waals surface area contributed by atoms with Gasteiger partial charge in [0.2, 0.25) is 0 Å². The van der Waals surface area contributed by atoms with Crippen molar-refractivity contribution in [2.75, 3.05) is 20.3 Å². The van der Waals surface area contributed by atoms with Crippen molar-refractivity contribution in [3.05, 3.63) is 84.9 Å². The van der Waals surface area contributed by atoms with Gasteiger partial charge >= 0.3 is 5.97 Å². The summed E-state index contributed by atoms with van der Waals surface area (Å²) in [5, 5.41) is 0. The second kappa shape index (κ2) is 11.5. The molecule has 0 saturated carbocycles. The van der Waals surface area contributed by atoms with E-state index in [1.807, 2.05) is 36.4 Å². The van der Waals surface area contributed by atoms with Gasteiger partial charge in [0.1, 0.15) is 24.7 Å². The van der Waals surface area contributed by atoms with Crippen LogP contribution in [0.25, 0.3) is 0 Å². The molecule has 0 saturated heterocycles. The monoisotopic (exact) mass is 452 g/mol. The first-order valence-corrected chi connectivity index (χ1v) is 11.3. The number of carbonyl (C=O) groups is 1. The maximum Gasteiger partial charge on any atom is 0.333 e. The standard InChI is InChI=1S/C25H24O4S2/c1-18(2)25(26)29-17-16-28-20-6-10-22(11-7-20)31-24-14-12-23(13-15-24)30-21-8-4-19(27-3)5-9-21/h4-15H,1,16-17H2,2-3H3. The molecule has 4 nitrogen and oxygen atoms in total. The molecule has 0 radical (unpaired) electrons. The lowest BCUT2D eigenvalue weighted by molar-refractivity contribution is -0.139. The molecular weight excluding hydrogens is 428 g/mol. The molecule has 6 heteroatoms. The minimum absolute atomic E-state index is 0.198. The number of hydrogen-bond donors (Lipinski definition) is 0. The van der Waals surface area contributed by atoms with Gasteiger partial charge < -0.3 is 14.2 Å². The second-order valence-corrected chi connectivity index (χ2v) is 8.88. The maximum absolute atomic E-state index is 11.3. The van der Waals surface area contributed by atoms with Crippen LogP contribution in [0.3, 0.4) is 0 Å². The van der Waals surface area contributed by atoms with E-state index in [1.165, 1.54) is 14.7 Å². The summed E-state index contributed by atoms with van der Waals surface area (Å²) in [7, 11) is 1.67. The molecule has 0 aliphatic rings. The van der Waals surface area contributed by atoms with Gasteiger partial charge in [-0.25, -0.2) is 4.79 Å². The Morgan fingerprint density at radius 3 is 1.58 bits per heavy atom. The molecule has 0 bridgehead atoms. The fraction of sp³-hybridized carbons (Fsp3) is 0.160. The summed E-state index contributed by atoms with van der Waals surface area (Å²) >= 11 is 3.41. The van der Waals surface area contributed by atoms with E-state index in [2.05, 4.69) is 43.0 Å². The summed E-state index contributed by atoms with van der Waals surface area (Å²) in [5.41, 5.74) is 0.383. The normalized spacial score (nSPS) is 10.4. The predicted octanol–water partition coefficient (Wildman–Crippen LogP) is 6.50. The molecule has 3 aromatic rings. The smallest absolute Gasteiger partial charge is 0.333 e. The number of benzene rings is 3. The van der Waals surface area contributed by atoms with Crippen LogP contribution in [0.2, 0.25) is 0 Å². The molecular formula is C25H24O4S2. The van der Waals surface area contributed by atoms with E-state index in [4.69, 9.17) is 14.2 Å². The Balaban J connectivity index is 1.47. The van der Waals surface area contributed by atoms with E-state index >= 15 is 0 Å². The summed E-state index contributed by atoms with van der Waals surface area (Å²) in [4.78, 5) is 16.0. The zero-order valence-electron chi connectivity index (χ0n) is 17.5. The lowest BCUT2D eigenvalue weighted by Crippen LogP contribution is -2.12. The van der Waals surface area contributed by atoms with Crippen molar-refractivity contribution < 1.29 is 19.0 Å². The van der Waals surface area contributed by atoms with Crippen molar-refractivity contribution >= 4 is 29.5 Å². The Morgan fingerprint density at radius 1 is 0.742 bits per heavy atom. The Morgan fingerprint density at radius 2 is 1.16 bits per heavy atom. The van der Waals surface area contributed by atoms with Gasteiger partial charge in [-0.2, -0.15) is 0 Å². The number of methoxy groups -OCH3 is 1. The van der Waals surface area contributed by atoms with Crippen LogP contribution >= 0.6 is 23.5 Å². The Labute approximate surface area is 191 Å². The molecule has 3 aromatic carbocycles. The molecule has 160 valence electrons. The maximum atomic E-state index is 11.3. The zero-order valence-corrected chi connectivity index (χ0v) is 19.1. The van der Waals surface area contributed by atoms with Gasteiger partial charge in [-0.1, -0.05) is 30.1 Å². The molecule has 0 N–H and O–H groups in total. The third-order valence-electron chi connectivity index (χ3n) is 4.11. The average Bonchev–Trinajstić information content (AvgIpc) is 2.79. The molecule has 0 fully saturated rings. The van der Waals surface area contributed by atoms with Crippen molar-refractivity contribution in [2.45, 2.75) is 26.5 Å². The van der Waals surface area contributed by atoms with Crippen LogP contribution in [0.1, 0.15) is 6.92 Å². The molecule has 3 rings (SSSR count). The zero-order chi connectivity index (χ0) is 22.1. The summed E-state index contributed by atoms with van der Waals surface area (Å²) in [6.07, 6.45) is 0. The SMILES string of the molecule is C=C(C)C(=O)OCCOc1ccc(Sc2ccc(Sc3ccc(OC)cc3)cc2)cc1. The predicted molar refractivity (Wildman–Crippen MR) is 125 cm³/mol. The van der Waals surface area contributed by atoms with E-state index in [0.29, 0.717) is 12.2 Å². The van der Waals surface area contributed by atoms with Crippen molar-refractivity contribution in [1.82, 2.24) is 0 Å². The van der Waals surface area contributed by atoms with Crippen LogP contribution in [0, 0.1) is 0 Å². The van der Waals surface area contributed by atoms with Gasteiger partial charge in [-0.05, 0) is 79.7 Å². The Hall–Kier alpha value is -2.83. The lowest BCUT2D eigenvalue weighted by Gasteiger charge is -2.08. The summed E-state index contributed by atoms with van der Waals surface area (Å²) < 4.78 is 15.8. The van der Waals surface area contributed by atoms with Crippen molar-refractivity contribution in [2.24, 2.45) is 0 Å². The minimum atomic E-state index is -0.399. The molecule has 0 spiro atoms. The molecule has 0 aliphatic heterocycles. The molecule has 0 atom stereocenters. The highest BCUT2D eigenvalue weighted by atomic mass is 32.2. The Kier molecular flexibility index (Phi) is 8.50. The first kappa shape index (κ1) is 22.8. The van der Waals surface area contributed by atoms with Gasteiger partial charge in [0.05, 0.1) is 7.11 Å². The number of esters is 1. The third-order valence-corrected chi connectivity index (χ3v) is 6.14. The van der Waals surface area contributed by atoms with Gasteiger partial charge in [-0.3, -0.25) is 0 Å². The van der Waals surface area contributed by atoms with E-state index in [1.54, 1.807) is 37.6 Å². The molecule has 0 aromatic heterocycles. The van der Waals surface area contributed by atoms with Gasteiger partial charge in [0.15, 0.2) is 0 Å². The number of rotatable bonds is 10. The Bertz CT molecular complexity index is 997. The van der Waals surface area contributed by atoms with Gasteiger partial charge in [-0.15, -0.1) is 0 Å². The second-order valence-electron chi connectivity index (χ2n) is 6.59. The third kappa shape index (κ3) is 7.42. The molecule has 31 heavy (non-hydrogen) atoms. The molecule has 0 aliphatic carbocycles. The van der Waals surface area contributed by atoms with E-state index in [-0.39, 0.29) is 6.61 Å². The van der Waals surface area contributed by atoms with E-state index in [0.717, 1.165) is 16.4 Å². The van der Waals surface area contributed by atoms with Crippen LogP contribution in [-0.2, 0) is 9.53 Å². The van der Waals surface area contributed by atoms with Gasteiger partial charge in [0.25, 0.3) is 0 Å². The van der Waals surface area contributed by atoms with Gasteiger partial charge in [0, 0.05) is 25.2 Å². The first-order chi connectivity index (χ1) is 15.0. The topological polar surface area (TPSA) is 44.8 Å². The highest BCUT2D eigenvalue weighted by Gasteiger charge is 2.04. The fourth-order valence-corrected chi connectivity index (χ4v) is 4.15. The number of ether oxygens (including phenoxy) is 3. The molecule has 0 amide bonds. The quantitative estimate of drug-likeness (QED) is 0.199. The van der Waals surface area contributed by atoms with Crippen LogP contribution in [0.5, 0.6) is 11.5 Å². The van der Waals surface area contributed by atoms with E-state index < -0.39 is 5.97 Å². The van der Waals surface area contributed by atoms with Crippen LogP contribution in [0.4, 0.5) is 0 Å². The molecule has 0 heterocycles.